The lowest BCUT2D eigenvalue weighted by atomic mass is 10.0. The van der Waals surface area contributed by atoms with Crippen LogP contribution in [0.4, 0.5) is 0 Å². The van der Waals surface area contributed by atoms with Gasteiger partial charge in [-0.25, -0.2) is 8.42 Å². The smallest absolute Gasteiger partial charge is 0.190 e. The molecule has 0 radical (unpaired) electrons. The Kier molecular flexibility index (Phi) is 5.13. The van der Waals surface area contributed by atoms with Crippen LogP contribution >= 0.6 is 23.5 Å². The number of aryl methyl sites for hydroxylation is 1. The lowest BCUT2D eigenvalue weighted by Crippen LogP contribution is -2.41. The van der Waals surface area contributed by atoms with Crippen LogP contribution in [-0.4, -0.2) is 18.9 Å². The van der Waals surface area contributed by atoms with Crippen molar-refractivity contribution in [3.05, 3.63) is 77.9 Å². The summed E-state index contributed by atoms with van der Waals surface area (Å²) in [5.41, 5.74) is 1.42. The highest BCUT2D eigenvalue weighted by Gasteiger charge is 2.44. The molecule has 148 valence electrons. The van der Waals surface area contributed by atoms with E-state index in [-0.39, 0.29) is 10.7 Å². The van der Waals surface area contributed by atoms with Gasteiger partial charge in [0.2, 0.25) is 0 Å². The second-order valence-corrected chi connectivity index (χ2v) is 12.1. The van der Waals surface area contributed by atoms with E-state index >= 15 is 0 Å². The Labute approximate surface area is 179 Å². The molecule has 0 N–H and O–H groups in total. The first-order chi connectivity index (χ1) is 13.7. The summed E-state index contributed by atoms with van der Waals surface area (Å²) in [6.45, 7) is 4.90. The fourth-order valence-electron chi connectivity index (χ4n) is 3.19. The average molecular weight is 441 g/mol. The van der Waals surface area contributed by atoms with E-state index < -0.39 is 14.6 Å². The lowest BCUT2D eigenvalue weighted by Gasteiger charge is -2.26. The van der Waals surface area contributed by atoms with Gasteiger partial charge in [-0.05, 0) is 51.1 Å². The first kappa shape index (κ1) is 20.3. The van der Waals surface area contributed by atoms with Crippen LogP contribution < -0.4 is 0 Å². The van der Waals surface area contributed by atoms with E-state index in [9.17, 15) is 13.2 Å². The zero-order chi connectivity index (χ0) is 20.8. The highest BCUT2D eigenvalue weighted by atomic mass is 32.2. The van der Waals surface area contributed by atoms with Crippen LogP contribution in [0.25, 0.3) is 0 Å². The van der Waals surface area contributed by atoms with E-state index in [1.165, 1.54) is 25.6 Å². The number of fused-ring (bicyclic) bond motifs is 2. The average Bonchev–Trinajstić information content (AvgIpc) is 2.71. The van der Waals surface area contributed by atoms with Crippen LogP contribution in [0.5, 0.6) is 0 Å². The first-order valence-corrected chi connectivity index (χ1v) is 12.3. The Hall–Kier alpha value is -2.02. The van der Waals surface area contributed by atoms with Crippen molar-refractivity contribution >= 4 is 39.1 Å². The van der Waals surface area contributed by atoms with Crippen LogP contribution in [0.2, 0.25) is 0 Å². The zero-order valence-corrected chi connectivity index (χ0v) is 18.7. The Morgan fingerprint density at radius 1 is 0.793 bits per heavy atom. The summed E-state index contributed by atoms with van der Waals surface area (Å²) in [5, 5.41) is 0. The molecule has 3 aromatic rings. The Bertz CT molecular complexity index is 1210. The number of rotatable bonds is 4. The fourth-order valence-corrected chi connectivity index (χ4v) is 7.00. The fraction of sp³-hybridized carbons (Fsp3) is 0.174. The third kappa shape index (κ3) is 3.43. The second-order valence-electron chi connectivity index (χ2n) is 7.44. The maximum atomic E-state index is 13.5. The van der Waals surface area contributed by atoms with Gasteiger partial charge in [-0.3, -0.25) is 4.79 Å². The van der Waals surface area contributed by atoms with Crippen molar-refractivity contribution < 1.29 is 13.2 Å². The molecule has 6 heteroatoms. The zero-order valence-electron chi connectivity index (χ0n) is 16.3. The maximum absolute atomic E-state index is 13.5. The Balaban J connectivity index is 1.76. The van der Waals surface area contributed by atoms with Gasteiger partial charge in [-0.15, -0.1) is 0 Å². The number of carbonyl (C=O) groups is 1. The van der Waals surface area contributed by atoms with Gasteiger partial charge >= 0.3 is 0 Å². The van der Waals surface area contributed by atoms with Gasteiger partial charge < -0.3 is 0 Å². The molecular weight excluding hydrogens is 420 g/mol. The summed E-state index contributed by atoms with van der Waals surface area (Å²) in [7, 11) is -3.86. The maximum Gasteiger partial charge on any atom is 0.190 e. The molecule has 0 spiro atoms. The van der Waals surface area contributed by atoms with Crippen LogP contribution in [0.15, 0.2) is 91.2 Å². The molecule has 0 saturated heterocycles. The third-order valence-electron chi connectivity index (χ3n) is 5.05. The second kappa shape index (κ2) is 7.35. The van der Waals surface area contributed by atoms with Gasteiger partial charge in [-0.2, -0.15) is 0 Å². The highest BCUT2D eigenvalue weighted by Crippen LogP contribution is 2.50. The van der Waals surface area contributed by atoms with Crippen molar-refractivity contribution in [3.63, 3.8) is 0 Å². The highest BCUT2D eigenvalue weighted by molar-refractivity contribution is 8.05. The molecule has 4 rings (SSSR count). The Morgan fingerprint density at radius 3 is 2.03 bits per heavy atom. The van der Waals surface area contributed by atoms with Crippen LogP contribution in [-0.2, 0) is 9.84 Å². The minimum atomic E-state index is -3.86. The molecule has 0 aromatic heterocycles. The largest absolute Gasteiger partial charge is 0.292 e. The topological polar surface area (TPSA) is 51.2 Å². The molecule has 1 aliphatic heterocycles. The molecule has 0 unspecified atom stereocenters. The predicted molar refractivity (Wildman–Crippen MR) is 118 cm³/mol. The SMILES string of the molecule is Cc1ccc(S(=O)(=O)C(C)(C)C(=O)c2cccc3c2Sc2ccccc2S3)cc1. The molecule has 1 aliphatic rings. The van der Waals surface area contributed by atoms with Gasteiger partial charge in [0.05, 0.1) is 4.90 Å². The number of Topliss-reactive ketones (excluding diaryl/α,β-unsaturated/α-hetero) is 1. The van der Waals surface area contributed by atoms with Crippen LogP contribution in [0.3, 0.4) is 0 Å². The number of carbonyl (C=O) groups excluding carboxylic acids is 1. The van der Waals surface area contributed by atoms with Crippen molar-refractivity contribution in [3.8, 4) is 0 Å². The van der Waals surface area contributed by atoms with Crippen molar-refractivity contribution in [2.24, 2.45) is 0 Å². The van der Waals surface area contributed by atoms with Gasteiger partial charge in [-0.1, -0.05) is 65.5 Å². The number of sulfone groups is 1. The van der Waals surface area contributed by atoms with Crippen molar-refractivity contribution in [1.29, 1.82) is 0 Å². The molecule has 3 aromatic carbocycles. The first-order valence-electron chi connectivity index (χ1n) is 9.15. The van der Waals surface area contributed by atoms with E-state index in [2.05, 4.69) is 6.07 Å². The van der Waals surface area contributed by atoms with E-state index in [1.807, 2.05) is 37.3 Å². The summed E-state index contributed by atoms with van der Waals surface area (Å²) in [6.07, 6.45) is 0. The molecule has 0 bridgehead atoms. The summed E-state index contributed by atoms with van der Waals surface area (Å²) in [5.74, 6) is -0.387. The molecule has 0 atom stereocenters. The number of hydrogen-bond donors (Lipinski definition) is 0. The van der Waals surface area contributed by atoms with Crippen molar-refractivity contribution in [2.45, 2.75) is 50.0 Å². The summed E-state index contributed by atoms with van der Waals surface area (Å²) in [4.78, 5) is 17.7. The van der Waals surface area contributed by atoms with Gasteiger partial charge in [0.1, 0.15) is 4.75 Å². The molecule has 0 saturated carbocycles. The summed E-state index contributed by atoms with van der Waals surface area (Å²) in [6, 6.07) is 20.2. The van der Waals surface area contributed by atoms with Crippen LogP contribution in [0.1, 0.15) is 29.8 Å². The van der Waals surface area contributed by atoms with Gasteiger partial charge in [0.15, 0.2) is 15.6 Å². The van der Waals surface area contributed by atoms with Gasteiger partial charge in [0.25, 0.3) is 0 Å². The predicted octanol–water partition coefficient (Wildman–Crippen LogP) is 6.05. The van der Waals surface area contributed by atoms with E-state index in [0.29, 0.717) is 5.56 Å². The molecule has 0 fully saturated rings. The minimum absolute atomic E-state index is 0.165. The minimum Gasteiger partial charge on any atom is -0.292 e. The monoisotopic (exact) mass is 440 g/mol. The van der Waals surface area contributed by atoms with E-state index in [0.717, 1.165) is 25.1 Å². The molecular formula is C23H20O3S3. The van der Waals surface area contributed by atoms with Crippen molar-refractivity contribution in [1.82, 2.24) is 0 Å². The quantitative estimate of drug-likeness (QED) is 0.362. The number of ketones is 1. The van der Waals surface area contributed by atoms with Crippen LogP contribution in [0, 0.1) is 6.92 Å². The summed E-state index contributed by atoms with van der Waals surface area (Å²) >= 11 is 3.13. The number of hydrogen-bond acceptors (Lipinski definition) is 5. The molecule has 1 heterocycles. The number of benzene rings is 3. The standard InChI is InChI=1S/C23H20O3S3/c1-15-11-13-16(14-12-15)29(25,26)23(2,3)22(24)17-7-6-10-20-21(17)28-19-9-5-4-8-18(19)27-20/h4-14H,1-3H3. The van der Waals surface area contributed by atoms with E-state index in [1.54, 1.807) is 42.1 Å². The molecule has 0 amide bonds. The third-order valence-corrected chi connectivity index (χ3v) is 10.1. The normalized spacial score (nSPS) is 13.5. The molecule has 3 nitrogen and oxygen atoms in total. The summed E-state index contributed by atoms with van der Waals surface area (Å²) < 4.78 is 25.0. The van der Waals surface area contributed by atoms with Crippen molar-refractivity contribution in [2.75, 3.05) is 0 Å². The Morgan fingerprint density at radius 2 is 1.38 bits per heavy atom. The van der Waals surface area contributed by atoms with Gasteiger partial charge in [0, 0.05) is 25.1 Å². The van der Waals surface area contributed by atoms with E-state index in [4.69, 9.17) is 0 Å². The molecule has 0 aliphatic carbocycles. The lowest BCUT2D eigenvalue weighted by molar-refractivity contribution is 0.0950. The molecule has 29 heavy (non-hydrogen) atoms.